The molecule has 0 heterocycles. The Morgan fingerprint density at radius 3 is 2.29 bits per heavy atom. The standard InChI is InChI=1S/C5H15NSi/c1-5(2)7-4-6-3/h5-6H,4,7H2,1-3H3. The van der Waals surface area contributed by atoms with Crippen LogP contribution in [0.1, 0.15) is 13.8 Å². The minimum Gasteiger partial charge on any atom is -0.323 e. The van der Waals surface area contributed by atoms with Crippen LogP contribution in [0.5, 0.6) is 0 Å². The summed E-state index contributed by atoms with van der Waals surface area (Å²) in [5, 5.41) is 3.16. The largest absolute Gasteiger partial charge is 0.323 e. The molecule has 0 rings (SSSR count). The first-order valence-electron chi connectivity index (χ1n) is 2.92. The van der Waals surface area contributed by atoms with Crippen molar-refractivity contribution in [1.82, 2.24) is 5.32 Å². The smallest absolute Gasteiger partial charge is 0.0391 e. The highest BCUT2D eigenvalue weighted by Crippen LogP contribution is 1.93. The third kappa shape index (κ3) is 6.18. The van der Waals surface area contributed by atoms with E-state index in [-0.39, 0.29) is 9.52 Å². The Bertz CT molecular complexity index is 37.1. The highest BCUT2D eigenvalue weighted by molar-refractivity contribution is 6.37. The molecule has 0 radical (unpaired) electrons. The molecule has 7 heavy (non-hydrogen) atoms. The average Bonchev–Trinajstić information content (AvgIpc) is 1.61. The summed E-state index contributed by atoms with van der Waals surface area (Å²) in [7, 11) is 2.26. The SMILES string of the molecule is CNC[SiH2]C(C)C. The maximum atomic E-state index is 3.16. The van der Waals surface area contributed by atoms with Crippen LogP contribution in [0.25, 0.3) is 0 Å². The van der Waals surface area contributed by atoms with Crippen LogP contribution in [0.4, 0.5) is 0 Å². The maximum absolute atomic E-state index is 3.16. The van der Waals surface area contributed by atoms with Gasteiger partial charge in [0.15, 0.2) is 0 Å². The van der Waals surface area contributed by atoms with Crippen molar-refractivity contribution in [2.75, 3.05) is 13.2 Å². The van der Waals surface area contributed by atoms with Crippen LogP contribution in [-0.2, 0) is 0 Å². The van der Waals surface area contributed by atoms with Crippen molar-refractivity contribution in [3.8, 4) is 0 Å². The summed E-state index contributed by atoms with van der Waals surface area (Å²) in [5.74, 6) is 0. The molecule has 0 bridgehead atoms. The Labute approximate surface area is 48.3 Å². The van der Waals surface area contributed by atoms with Gasteiger partial charge in [-0.25, -0.2) is 0 Å². The van der Waals surface area contributed by atoms with Crippen molar-refractivity contribution < 1.29 is 0 Å². The van der Waals surface area contributed by atoms with E-state index in [1.54, 1.807) is 0 Å². The van der Waals surface area contributed by atoms with Crippen LogP contribution in [0.15, 0.2) is 0 Å². The number of nitrogens with one attached hydrogen (secondary N) is 1. The molecule has 0 aromatic rings. The molecule has 1 N–H and O–H groups in total. The van der Waals surface area contributed by atoms with Gasteiger partial charge in [0.25, 0.3) is 0 Å². The van der Waals surface area contributed by atoms with Crippen LogP contribution in [0.2, 0.25) is 5.54 Å². The zero-order chi connectivity index (χ0) is 5.70. The molecule has 2 heteroatoms. The van der Waals surface area contributed by atoms with Gasteiger partial charge in [0.2, 0.25) is 0 Å². The van der Waals surface area contributed by atoms with E-state index in [2.05, 4.69) is 19.2 Å². The van der Waals surface area contributed by atoms with Gasteiger partial charge in [-0.3, -0.25) is 0 Å². The quantitative estimate of drug-likeness (QED) is 0.519. The summed E-state index contributed by atoms with van der Waals surface area (Å²) in [5.41, 5.74) is 0.979. The molecule has 0 aromatic heterocycles. The molecular formula is C5H15NSi. The Morgan fingerprint density at radius 1 is 1.57 bits per heavy atom. The Balaban J connectivity index is 2.68. The molecule has 0 saturated carbocycles. The van der Waals surface area contributed by atoms with Gasteiger partial charge in [0.05, 0.1) is 0 Å². The summed E-state index contributed by atoms with van der Waals surface area (Å²) in [6.07, 6.45) is 1.29. The van der Waals surface area contributed by atoms with Gasteiger partial charge in [-0.05, 0) is 13.2 Å². The van der Waals surface area contributed by atoms with Gasteiger partial charge in [0.1, 0.15) is 0 Å². The zero-order valence-corrected chi connectivity index (χ0v) is 6.91. The molecular weight excluding hydrogens is 102 g/mol. The molecule has 0 aliphatic rings. The highest BCUT2D eigenvalue weighted by Gasteiger charge is 1.89. The molecule has 0 aromatic carbocycles. The Morgan fingerprint density at radius 2 is 2.14 bits per heavy atom. The minimum atomic E-state index is 0.235. The van der Waals surface area contributed by atoms with Gasteiger partial charge in [-0.15, -0.1) is 0 Å². The van der Waals surface area contributed by atoms with Gasteiger partial charge < -0.3 is 5.32 Å². The summed E-state index contributed by atoms with van der Waals surface area (Å²) in [6.45, 7) is 4.59. The second-order valence-electron chi connectivity index (χ2n) is 2.29. The van der Waals surface area contributed by atoms with Gasteiger partial charge >= 0.3 is 0 Å². The summed E-state index contributed by atoms with van der Waals surface area (Å²) < 4.78 is 0. The minimum absolute atomic E-state index is 0.235. The van der Waals surface area contributed by atoms with E-state index >= 15 is 0 Å². The highest BCUT2D eigenvalue weighted by atomic mass is 28.2. The first kappa shape index (κ1) is 7.18. The van der Waals surface area contributed by atoms with E-state index in [0.29, 0.717) is 0 Å². The van der Waals surface area contributed by atoms with E-state index in [9.17, 15) is 0 Å². The summed E-state index contributed by atoms with van der Waals surface area (Å²) in [4.78, 5) is 0. The topological polar surface area (TPSA) is 12.0 Å². The molecule has 0 fully saturated rings. The summed E-state index contributed by atoms with van der Waals surface area (Å²) in [6, 6.07) is 0. The lowest BCUT2D eigenvalue weighted by molar-refractivity contribution is 0.936. The number of rotatable bonds is 3. The van der Waals surface area contributed by atoms with Crippen LogP contribution in [-0.4, -0.2) is 22.7 Å². The van der Waals surface area contributed by atoms with Crippen LogP contribution >= 0.6 is 0 Å². The molecule has 0 amide bonds. The van der Waals surface area contributed by atoms with Crippen molar-refractivity contribution in [2.45, 2.75) is 19.4 Å². The molecule has 1 nitrogen and oxygen atoms in total. The van der Waals surface area contributed by atoms with Gasteiger partial charge in [-0.1, -0.05) is 19.4 Å². The van der Waals surface area contributed by atoms with Crippen molar-refractivity contribution in [3.63, 3.8) is 0 Å². The monoisotopic (exact) mass is 117 g/mol. The fraction of sp³-hybridized carbons (Fsp3) is 1.00. The lowest BCUT2D eigenvalue weighted by Crippen LogP contribution is -2.16. The molecule has 0 aliphatic carbocycles. The first-order valence-corrected chi connectivity index (χ1v) is 4.73. The van der Waals surface area contributed by atoms with Crippen molar-refractivity contribution in [1.29, 1.82) is 0 Å². The lowest BCUT2D eigenvalue weighted by Gasteiger charge is -1.99. The zero-order valence-electron chi connectivity index (χ0n) is 5.49. The second kappa shape index (κ2) is 4.34. The normalized spacial score (nSPS) is 12.0. The van der Waals surface area contributed by atoms with Crippen LogP contribution in [0, 0.1) is 0 Å². The van der Waals surface area contributed by atoms with E-state index in [0.717, 1.165) is 5.54 Å². The fourth-order valence-electron chi connectivity index (χ4n) is 0.433. The average molecular weight is 117 g/mol. The fourth-order valence-corrected chi connectivity index (χ4v) is 1.30. The third-order valence-corrected chi connectivity index (χ3v) is 2.92. The van der Waals surface area contributed by atoms with E-state index in [1.165, 1.54) is 6.17 Å². The van der Waals surface area contributed by atoms with Gasteiger partial charge in [0, 0.05) is 9.52 Å². The number of hydrogen-bond acceptors (Lipinski definition) is 1. The Hall–Kier alpha value is 0.177. The first-order chi connectivity index (χ1) is 3.27. The van der Waals surface area contributed by atoms with Crippen molar-refractivity contribution in [3.05, 3.63) is 0 Å². The number of hydrogen-bond donors (Lipinski definition) is 1. The van der Waals surface area contributed by atoms with Crippen molar-refractivity contribution >= 4 is 9.52 Å². The van der Waals surface area contributed by atoms with Crippen molar-refractivity contribution in [2.24, 2.45) is 0 Å². The Kier molecular flexibility index (Phi) is 4.45. The predicted molar refractivity (Wildman–Crippen MR) is 37.6 cm³/mol. The molecule has 0 aliphatic heterocycles. The maximum Gasteiger partial charge on any atom is 0.0391 e. The molecule has 0 spiro atoms. The van der Waals surface area contributed by atoms with E-state index in [1.807, 2.05) is 7.05 Å². The lowest BCUT2D eigenvalue weighted by atomic mass is 10.6. The second-order valence-corrected chi connectivity index (χ2v) is 5.00. The molecule has 0 unspecified atom stereocenters. The molecule has 0 atom stereocenters. The molecule has 44 valence electrons. The summed E-state index contributed by atoms with van der Waals surface area (Å²) >= 11 is 0. The van der Waals surface area contributed by atoms with Crippen LogP contribution < -0.4 is 5.32 Å². The molecule has 0 saturated heterocycles. The van der Waals surface area contributed by atoms with Crippen LogP contribution in [0.3, 0.4) is 0 Å². The van der Waals surface area contributed by atoms with Gasteiger partial charge in [-0.2, -0.15) is 0 Å². The predicted octanol–water partition coefficient (Wildman–Crippen LogP) is 0.160. The third-order valence-electron chi connectivity index (χ3n) is 0.972. The van der Waals surface area contributed by atoms with E-state index < -0.39 is 0 Å². The van der Waals surface area contributed by atoms with E-state index in [4.69, 9.17) is 0 Å².